The first-order valence-electron chi connectivity index (χ1n) is 5.40. The minimum absolute atomic E-state index is 0.0383. The van der Waals surface area contributed by atoms with Crippen LogP contribution in [0.4, 0.5) is 0 Å². The molecule has 0 aromatic heterocycles. The van der Waals surface area contributed by atoms with E-state index >= 15 is 0 Å². The van der Waals surface area contributed by atoms with Crippen molar-refractivity contribution in [3.8, 4) is 0 Å². The third-order valence-electron chi connectivity index (χ3n) is 3.49. The highest BCUT2D eigenvalue weighted by molar-refractivity contribution is 5.01. The number of hydrogen-bond acceptors (Lipinski definition) is 3. The van der Waals surface area contributed by atoms with Crippen LogP contribution in [0.5, 0.6) is 0 Å². The van der Waals surface area contributed by atoms with E-state index in [1.807, 2.05) is 7.05 Å². The normalized spacial score (nSPS) is 29.1. The van der Waals surface area contributed by atoms with Gasteiger partial charge in [0.15, 0.2) is 0 Å². The Morgan fingerprint density at radius 2 is 2.14 bits per heavy atom. The Morgan fingerprint density at radius 3 is 2.57 bits per heavy atom. The van der Waals surface area contributed by atoms with E-state index < -0.39 is 0 Å². The number of ether oxygens (including phenoxy) is 2. The molecule has 1 aliphatic rings. The Bertz CT molecular complexity index is 169. The van der Waals surface area contributed by atoms with E-state index in [4.69, 9.17) is 9.47 Å². The van der Waals surface area contributed by atoms with Gasteiger partial charge in [-0.2, -0.15) is 0 Å². The Morgan fingerprint density at radius 1 is 1.43 bits per heavy atom. The molecule has 0 aliphatic carbocycles. The van der Waals surface area contributed by atoms with Gasteiger partial charge in [-0.3, -0.25) is 0 Å². The molecular formula is C11H23NO2. The summed E-state index contributed by atoms with van der Waals surface area (Å²) in [7, 11) is 3.72. The molecule has 1 aliphatic heterocycles. The summed E-state index contributed by atoms with van der Waals surface area (Å²) >= 11 is 0. The second-order valence-electron chi connectivity index (χ2n) is 4.61. The molecule has 14 heavy (non-hydrogen) atoms. The smallest absolute Gasteiger partial charge is 0.109 e. The maximum absolute atomic E-state index is 5.97. The summed E-state index contributed by atoms with van der Waals surface area (Å²) in [6.45, 7) is 5.88. The van der Waals surface area contributed by atoms with Crippen LogP contribution < -0.4 is 5.32 Å². The van der Waals surface area contributed by atoms with E-state index in [0.717, 1.165) is 13.0 Å². The lowest BCUT2D eigenvalue weighted by Crippen LogP contribution is -2.63. The Labute approximate surface area is 87.2 Å². The summed E-state index contributed by atoms with van der Waals surface area (Å²) in [4.78, 5) is 0. The molecule has 0 radical (unpaired) electrons. The molecular weight excluding hydrogens is 178 g/mol. The number of rotatable bonds is 4. The van der Waals surface area contributed by atoms with E-state index in [-0.39, 0.29) is 11.1 Å². The maximum atomic E-state index is 5.97. The lowest BCUT2D eigenvalue weighted by atomic mass is 9.78. The molecule has 1 atom stereocenters. The van der Waals surface area contributed by atoms with Gasteiger partial charge >= 0.3 is 0 Å². The quantitative estimate of drug-likeness (QED) is 0.749. The number of nitrogens with one attached hydrogen (secondary N) is 1. The van der Waals surface area contributed by atoms with Gasteiger partial charge in [0.05, 0.1) is 6.61 Å². The van der Waals surface area contributed by atoms with Crippen LogP contribution in [0.2, 0.25) is 0 Å². The fourth-order valence-electron chi connectivity index (χ4n) is 2.10. The van der Waals surface area contributed by atoms with Crippen molar-refractivity contribution in [1.29, 1.82) is 0 Å². The maximum Gasteiger partial charge on any atom is 0.109 e. The molecule has 3 nitrogen and oxygen atoms in total. The van der Waals surface area contributed by atoms with E-state index in [1.165, 1.54) is 12.8 Å². The van der Waals surface area contributed by atoms with Crippen LogP contribution in [0, 0.1) is 0 Å². The Hall–Kier alpha value is -0.120. The van der Waals surface area contributed by atoms with Crippen LogP contribution in [0.25, 0.3) is 0 Å². The Kier molecular flexibility index (Phi) is 3.93. The molecule has 84 valence electrons. The summed E-state index contributed by atoms with van der Waals surface area (Å²) in [5.41, 5.74) is -0.196. The zero-order chi connectivity index (χ0) is 10.7. The molecule has 1 fully saturated rings. The van der Waals surface area contributed by atoms with Crippen LogP contribution in [0.15, 0.2) is 0 Å². The summed E-state index contributed by atoms with van der Waals surface area (Å²) in [6, 6.07) is 0. The van der Waals surface area contributed by atoms with Gasteiger partial charge in [-0.15, -0.1) is 0 Å². The third kappa shape index (κ3) is 2.10. The van der Waals surface area contributed by atoms with Gasteiger partial charge in [0.1, 0.15) is 5.60 Å². The minimum Gasteiger partial charge on any atom is -0.382 e. The van der Waals surface area contributed by atoms with Crippen molar-refractivity contribution in [1.82, 2.24) is 5.32 Å². The van der Waals surface area contributed by atoms with Crippen LogP contribution in [0.3, 0.4) is 0 Å². The van der Waals surface area contributed by atoms with Gasteiger partial charge in [-0.05, 0) is 40.2 Å². The molecule has 1 rings (SSSR count). The molecule has 3 heteroatoms. The molecule has 0 spiro atoms. The van der Waals surface area contributed by atoms with Crippen LogP contribution >= 0.6 is 0 Å². The second-order valence-corrected chi connectivity index (χ2v) is 4.61. The molecule has 0 aromatic carbocycles. The van der Waals surface area contributed by atoms with Crippen molar-refractivity contribution in [2.45, 2.75) is 44.2 Å². The average molecular weight is 201 g/mol. The SMILES string of the molecule is CNC(C)(C)C1(COC)CCCCO1. The van der Waals surface area contributed by atoms with Gasteiger partial charge in [0, 0.05) is 19.3 Å². The lowest BCUT2D eigenvalue weighted by molar-refractivity contribution is -0.157. The summed E-state index contributed by atoms with van der Waals surface area (Å²) in [6.07, 6.45) is 3.48. The first kappa shape index (κ1) is 12.0. The second kappa shape index (κ2) is 4.60. The van der Waals surface area contributed by atoms with Gasteiger partial charge in [-0.1, -0.05) is 0 Å². The summed E-state index contributed by atoms with van der Waals surface area (Å²) in [5, 5.41) is 3.33. The van der Waals surface area contributed by atoms with Gasteiger partial charge < -0.3 is 14.8 Å². The predicted octanol–water partition coefficient (Wildman–Crippen LogP) is 1.57. The van der Waals surface area contributed by atoms with Crippen LogP contribution in [-0.2, 0) is 9.47 Å². The zero-order valence-corrected chi connectivity index (χ0v) is 9.85. The third-order valence-corrected chi connectivity index (χ3v) is 3.49. The molecule has 1 unspecified atom stereocenters. The first-order chi connectivity index (χ1) is 6.58. The number of methoxy groups -OCH3 is 1. The highest BCUT2D eigenvalue weighted by atomic mass is 16.5. The molecule has 1 N–H and O–H groups in total. The monoisotopic (exact) mass is 201 g/mol. The molecule has 1 saturated heterocycles. The van der Waals surface area contributed by atoms with Crippen molar-refractivity contribution in [2.24, 2.45) is 0 Å². The summed E-state index contributed by atoms with van der Waals surface area (Å²) < 4.78 is 11.3. The standard InChI is InChI=1S/C11H23NO2/c1-10(2,12-3)11(9-13-4)7-5-6-8-14-11/h12H,5-9H2,1-4H3. The van der Waals surface area contributed by atoms with Crippen molar-refractivity contribution < 1.29 is 9.47 Å². The first-order valence-corrected chi connectivity index (χ1v) is 5.40. The fourth-order valence-corrected chi connectivity index (χ4v) is 2.10. The van der Waals surface area contributed by atoms with Gasteiger partial charge in [-0.25, -0.2) is 0 Å². The Balaban J connectivity index is 2.78. The van der Waals surface area contributed by atoms with Crippen molar-refractivity contribution in [3.63, 3.8) is 0 Å². The van der Waals surface area contributed by atoms with E-state index in [9.17, 15) is 0 Å². The number of hydrogen-bond donors (Lipinski definition) is 1. The zero-order valence-electron chi connectivity index (χ0n) is 9.85. The molecule has 0 saturated carbocycles. The number of likely N-dealkylation sites (N-methyl/N-ethyl adjacent to an activating group) is 1. The van der Waals surface area contributed by atoms with Crippen LogP contribution in [0.1, 0.15) is 33.1 Å². The van der Waals surface area contributed by atoms with E-state index in [1.54, 1.807) is 7.11 Å². The fraction of sp³-hybridized carbons (Fsp3) is 1.00. The lowest BCUT2D eigenvalue weighted by Gasteiger charge is -2.48. The highest BCUT2D eigenvalue weighted by Gasteiger charge is 2.46. The molecule has 0 bridgehead atoms. The molecule has 0 aromatic rings. The van der Waals surface area contributed by atoms with E-state index in [2.05, 4.69) is 19.2 Å². The minimum atomic E-state index is -0.158. The van der Waals surface area contributed by atoms with Crippen LogP contribution in [-0.4, -0.2) is 38.5 Å². The van der Waals surface area contributed by atoms with Gasteiger partial charge in [0.25, 0.3) is 0 Å². The molecule has 1 heterocycles. The van der Waals surface area contributed by atoms with Crippen molar-refractivity contribution in [2.75, 3.05) is 27.4 Å². The highest BCUT2D eigenvalue weighted by Crippen LogP contribution is 2.34. The largest absolute Gasteiger partial charge is 0.382 e. The van der Waals surface area contributed by atoms with Gasteiger partial charge in [0.2, 0.25) is 0 Å². The average Bonchev–Trinajstić information content (AvgIpc) is 2.19. The van der Waals surface area contributed by atoms with E-state index in [0.29, 0.717) is 6.61 Å². The summed E-state index contributed by atoms with van der Waals surface area (Å²) in [5.74, 6) is 0. The topological polar surface area (TPSA) is 30.5 Å². The van der Waals surface area contributed by atoms with Crippen molar-refractivity contribution in [3.05, 3.63) is 0 Å². The van der Waals surface area contributed by atoms with Crippen molar-refractivity contribution >= 4 is 0 Å². The molecule has 0 amide bonds. The predicted molar refractivity (Wildman–Crippen MR) is 57.5 cm³/mol.